The van der Waals surface area contributed by atoms with Crippen LogP contribution in [0.5, 0.6) is 0 Å². The van der Waals surface area contributed by atoms with Gasteiger partial charge in [-0.25, -0.2) is 8.42 Å². The Morgan fingerprint density at radius 2 is 1.69 bits per heavy atom. The number of hydrogen-bond donors (Lipinski definition) is 1. The second kappa shape index (κ2) is 12.2. The van der Waals surface area contributed by atoms with Crippen molar-refractivity contribution >= 4 is 44.9 Å². The highest BCUT2D eigenvalue weighted by atomic mass is 35.5. The molecule has 0 aromatic heterocycles. The van der Waals surface area contributed by atoms with Gasteiger partial charge >= 0.3 is 0 Å². The van der Waals surface area contributed by atoms with E-state index in [-0.39, 0.29) is 29.8 Å². The van der Waals surface area contributed by atoms with E-state index < -0.39 is 28.5 Å². The molecule has 0 saturated carbocycles. The molecule has 0 fully saturated rings. The minimum Gasteiger partial charge on any atom is -0.354 e. The van der Waals surface area contributed by atoms with Crippen LogP contribution >= 0.6 is 11.6 Å². The first-order valence-electron chi connectivity index (χ1n) is 11.2. The van der Waals surface area contributed by atoms with Gasteiger partial charge in [0.05, 0.1) is 11.9 Å². The topological polar surface area (TPSA) is 104 Å². The standard InChI is InChI=1S/C25H32ClN3O5S/c1-17(2)14-27-25(32)18(3)28(15-20-8-6-10-22(26)12-20)24(31)16-29(35(5,33)34)23-11-7-9-21(13-23)19(4)30/h6-13,17-18H,14-16H2,1-5H3,(H,27,32)/t18-/m1/s1. The summed E-state index contributed by atoms with van der Waals surface area (Å²) < 4.78 is 26.2. The van der Waals surface area contributed by atoms with Crippen LogP contribution < -0.4 is 9.62 Å². The summed E-state index contributed by atoms with van der Waals surface area (Å²) in [6.07, 6.45) is 0.987. The van der Waals surface area contributed by atoms with E-state index in [1.54, 1.807) is 43.3 Å². The van der Waals surface area contributed by atoms with Crippen LogP contribution in [0.15, 0.2) is 48.5 Å². The van der Waals surface area contributed by atoms with E-state index in [4.69, 9.17) is 11.6 Å². The van der Waals surface area contributed by atoms with Crippen LogP contribution in [0.25, 0.3) is 0 Å². The van der Waals surface area contributed by atoms with Crippen molar-refractivity contribution in [1.29, 1.82) is 0 Å². The van der Waals surface area contributed by atoms with Gasteiger partial charge in [0.2, 0.25) is 21.8 Å². The van der Waals surface area contributed by atoms with Gasteiger partial charge in [-0.2, -0.15) is 0 Å². The average Bonchev–Trinajstić information content (AvgIpc) is 2.78. The van der Waals surface area contributed by atoms with Gasteiger partial charge in [-0.1, -0.05) is 49.7 Å². The Balaban J connectivity index is 2.41. The largest absolute Gasteiger partial charge is 0.354 e. The highest BCUT2D eigenvalue weighted by molar-refractivity contribution is 7.92. The number of halogens is 1. The Labute approximate surface area is 212 Å². The molecule has 0 aliphatic carbocycles. The third-order valence-corrected chi connectivity index (χ3v) is 6.69. The highest BCUT2D eigenvalue weighted by Crippen LogP contribution is 2.21. The number of hydrogen-bond acceptors (Lipinski definition) is 5. The number of anilines is 1. The summed E-state index contributed by atoms with van der Waals surface area (Å²) in [5.74, 6) is -0.934. The Hall–Kier alpha value is -2.91. The molecule has 0 heterocycles. The van der Waals surface area contributed by atoms with Gasteiger partial charge in [-0.15, -0.1) is 0 Å². The lowest BCUT2D eigenvalue weighted by Crippen LogP contribution is -2.51. The Kier molecular flexibility index (Phi) is 9.85. The molecule has 0 aliphatic heterocycles. The van der Waals surface area contributed by atoms with Gasteiger partial charge < -0.3 is 10.2 Å². The van der Waals surface area contributed by atoms with Gasteiger partial charge in [0.25, 0.3) is 0 Å². The average molecular weight is 522 g/mol. The number of rotatable bonds is 11. The summed E-state index contributed by atoms with van der Waals surface area (Å²) in [7, 11) is -3.88. The molecule has 0 aliphatic rings. The number of nitrogens with zero attached hydrogens (tertiary/aromatic N) is 2. The van der Waals surface area contributed by atoms with Gasteiger partial charge in [0, 0.05) is 23.7 Å². The second-order valence-corrected chi connectivity index (χ2v) is 11.2. The van der Waals surface area contributed by atoms with Crippen molar-refractivity contribution in [3.8, 4) is 0 Å². The van der Waals surface area contributed by atoms with E-state index in [0.29, 0.717) is 22.7 Å². The molecule has 1 N–H and O–H groups in total. The minimum absolute atomic E-state index is 0.0563. The zero-order chi connectivity index (χ0) is 26.3. The van der Waals surface area contributed by atoms with Crippen LogP contribution in [0.1, 0.15) is 43.6 Å². The molecule has 2 amide bonds. The molecular weight excluding hydrogens is 490 g/mol. The van der Waals surface area contributed by atoms with Crippen molar-refractivity contribution in [3.63, 3.8) is 0 Å². The molecular formula is C25H32ClN3O5S. The summed E-state index contributed by atoms with van der Waals surface area (Å²) >= 11 is 6.10. The van der Waals surface area contributed by atoms with Crippen molar-refractivity contribution in [2.24, 2.45) is 5.92 Å². The zero-order valence-corrected chi connectivity index (χ0v) is 22.2. The van der Waals surface area contributed by atoms with Gasteiger partial charge in [0.15, 0.2) is 5.78 Å². The molecule has 2 aromatic carbocycles. The summed E-state index contributed by atoms with van der Waals surface area (Å²) in [5.41, 5.74) is 1.20. The molecule has 0 bridgehead atoms. The first kappa shape index (κ1) is 28.3. The number of benzene rings is 2. The third-order valence-electron chi connectivity index (χ3n) is 5.31. The van der Waals surface area contributed by atoms with Crippen molar-refractivity contribution in [2.75, 3.05) is 23.7 Å². The molecule has 35 heavy (non-hydrogen) atoms. The van der Waals surface area contributed by atoms with Gasteiger partial charge in [-0.3, -0.25) is 18.7 Å². The van der Waals surface area contributed by atoms with Gasteiger partial charge in [0.1, 0.15) is 12.6 Å². The monoisotopic (exact) mass is 521 g/mol. The predicted molar refractivity (Wildman–Crippen MR) is 138 cm³/mol. The molecule has 190 valence electrons. The Bertz CT molecular complexity index is 1180. The zero-order valence-electron chi connectivity index (χ0n) is 20.6. The summed E-state index contributed by atoms with van der Waals surface area (Å²) in [4.78, 5) is 39.5. The molecule has 0 radical (unpaired) electrons. The Morgan fingerprint density at radius 3 is 2.26 bits per heavy atom. The third kappa shape index (κ3) is 8.36. The molecule has 8 nitrogen and oxygen atoms in total. The van der Waals surface area contributed by atoms with E-state index in [9.17, 15) is 22.8 Å². The molecule has 10 heteroatoms. The lowest BCUT2D eigenvalue weighted by Gasteiger charge is -2.31. The normalized spacial score (nSPS) is 12.2. The number of carbonyl (C=O) groups excluding carboxylic acids is 3. The molecule has 0 saturated heterocycles. The highest BCUT2D eigenvalue weighted by Gasteiger charge is 2.30. The minimum atomic E-state index is -3.88. The van der Waals surface area contributed by atoms with Crippen molar-refractivity contribution in [1.82, 2.24) is 10.2 Å². The van der Waals surface area contributed by atoms with Crippen molar-refractivity contribution < 1.29 is 22.8 Å². The van der Waals surface area contributed by atoms with Crippen LogP contribution in [-0.4, -0.2) is 56.3 Å². The molecule has 0 spiro atoms. The molecule has 0 unspecified atom stereocenters. The summed E-state index contributed by atoms with van der Waals surface area (Å²) in [5, 5.41) is 3.30. The summed E-state index contributed by atoms with van der Waals surface area (Å²) in [6.45, 7) is 6.84. The van der Waals surface area contributed by atoms with Crippen LogP contribution in [0.3, 0.4) is 0 Å². The van der Waals surface area contributed by atoms with E-state index >= 15 is 0 Å². The lowest BCUT2D eigenvalue weighted by atomic mass is 10.1. The maximum Gasteiger partial charge on any atom is 0.244 e. The quantitative estimate of drug-likeness (QED) is 0.456. The summed E-state index contributed by atoms with van der Waals surface area (Å²) in [6, 6.07) is 12.1. The lowest BCUT2D eigenvalue weighted by molar-refractivity contribution is -0.139. The van der Waals surface area contributed by atoms with Crippen LogP contribution in [-0.2, 0) is 26.2 Å². The number of Topliss-reactive ketones (excluding diaryl/α,β-unsaturated/α-hetero) is 1. The Morgan fingerprint density at radius 1 is 1.03 bits per heavy atom. The smallest absolute Gasteiger partial charge is 0.244 e. The van der Waals surface area contributed by atoms with Crippen LogP contribution in [0.4, 0.5) is 5.69 Å². The molecule has 2 aromatic rings. The first-order chi connectivity index (χ1) is 16.3. The fourth-order valence-electron chi connectivity index (χ4n) is 3.36. The van der Waals surface area contributed by atoms with Crippen molar-refractivity contribution in [3.05, 3.63) is 64.7 Å². The van der Waals surface area contributed by atoms with E-state index in [1.807, 2.05) is 13.8 Å². The number of carbonyl (C=O) groups is 3. The first-order valence-corrected chi connectivity index (χ1v) is 13.4. The number of nitrogens with one attached hydrogen (secondary N) is 1. The molecule has 2 rings (SSSR count). The SMILES string of the molecule is CC(=O)c1cccc(N(CC(=O)N(Cc2cccc(Cl)c2)[C@H](C)C(=O)NCC(C)C)S(C)(=O)=O)c1. The van der Waals surface area contributed by atoms with E-state index in [0.717, 1.165) is 10.6 Å². The number of ketones is 1. The fraction of sp³-hybridized carbons (Fsp3) is 0.400. The second-order valence-electron chi connectivity index (χ2n) is 8.84. The van der Waals surface area contributed by atoms with Crippen LogP contribution in [0.2, 0.25) is 5.02 Å². The number of sulfonamides is 1. The van der Waals surface area contributed by atoms with E-state index in [2.05, 4.69) is 5.32 Å². The maximum atomic E-state index is 13.5. The maximum absolute atomic E-state index is 13.5. The predicted octanol–water partition coefficient (Wildman–Crippen LogP) is 3.50. The van der Waals surface area contributed by atoms with Gasteiger partial charge in [-0.05, 0) is 49.6 Å². The fourth-order valence-corrected chi connectivity index (χ4v) is 4.42. The van der Waals surface area contributed by atoms with Crippen LogP contribution in [0, 0.1) is 5.92 Å². The molecule has 1 atom stereocenters. The number of amides is 2. The van der Waals surface area contributed by atoms with E-state index in [1.165, 1.54) is 24.0 Å². The van der Waals surface area contributed by atoms with Crippen molar-refractivity contribution in [2.45, 2.75) is 40.3 Å².